The molecule has 0 aliphatic carbocycles. The lowest BCUT2D eigenvalue weighted by Gasteiger charge is -2.02. The third kappa shape index (κ3) is 2.55. The van der Waals surface area contributed by atoms with Crippen molar-refractivity contribution in [1.29, 1.82) is 0 Å². The van der Waals surface area contributed by atoms with Gasteiger partial charge in [0.25, 0.3) is 5.82 Å². The van der Waals surface area contributed by atoms with Crippen molar-refractivity contribution >= 4 is 22.6 Å². The van der Waals surface area contributed by atoms with Crippen LogP contribution in [0.5, 0.6) is 0 Å². The van der Waals surface area contributed by atoms with Crippen molar-refractivity contribution in [2.45, 2.75) is 26.6 Å². The van der Waals surface area contributed by atoms with Crippen LogP contribution in [0.15, 0.2) is 48.5 Å². The number of aromatic nitrogens is 2. The molecule has 0 aliphatic heterocycles. The zero-order chi connectivity index (χ0) is 14.8. The Morgan fingerprint density at radius 2 is 1.90 bits per heavy atom. The van der Waals surface area contributed by atoms with Gasteiger partial charge in [0.2, 0.25) is 0 Å². The van der Waals surface area contributed by atoms with E-state index < -0.39 is 0 Å². The van der Waals surface area contributed by atoms with Crippen LogP contribution >= 0.6 is 11.6 Å². The van der Waals surface area contributed by atoms with Crippen molar-refractivity contribution in [3.63, 3.8) is 0 Å². The van der Waals surface area contributed by atoms with Gasteiger partial charge in [-0.25, -0.2) is 9.13 Å². The number of imidazole rings is 1. The number of aryl methyl sites for hydroxylation is 1. The van der Waals surface area contributed by atoms with E-state index in [-0.39, 0.29) is 0 Å². The van der Waals surface area contributed by atoms with Crippen molar-refractivity contribution in [3.8, 4) is 0 Å². The Bertz CT molecular complexity index is 763. The van der Waals surface area contributed by atoms with Crippen LogP contribution in [0, 0.1) is 0 Å². The van der Waals surface area contributed by atoms with Gasteiger partial charge in [0.15, 0.2) is 11.0 Å². The maximum atomic E-state index is 6.16. The van der Waals surface area contributed by atoms with E-state index in [1.165, 1.54) is 11.1 Å². The predicted octanol–water partition coefficient (Wildman–Crippen LogP) is 3.11. The van der Waals surface area contributed by atoms with E-state index in [2.05, 4.69) is 46.4 Å². The molecule has 0 fully saturated rings. The lowest BCUT2D eigenvalue weighted by molar-refractivity contribution is -0.671. The van der Waals surface area contributed by atoms with E-state index in [0.717, 1.165) is 29.5 Å². The van der Waals surface area contributed by atoms with Crippen LogP contribution in [-0.2, 0) is 19.6 Å². The minimum atomic E-state index is 0.507. The van der Waals surface area contributed by atoms with E-state index in [1.807, 2.05) is 18.2 Å². The fraction of sp³-hybridized carbons (Fsp3) is 0.235. The molecule has 0 unspecified atom stereocenters. The van der Waals surface area contributed by atoms with Crippen molar-refractivity contribution < 1.29 is 4.57 Å². The minimum absolute atomic E-state index is 0.507. The highest BCUT2D eigenvalue weighted by Crippen LogP contribution is 2.20. The summed E-state index contributed by atoms with van der Waals surface area (Å²) in [6, 6.07) is 16.5. The van der Waals surface area contributed by atoms with Crippen LogP contribution in [0.2, 0.25) is 5.02 Å². The van der Waals surface area contributed by atoms with Gasteiger partial charge in [-0.05, 0) is 24.6 Å². The van der Waals surface area contributed by atoms with Gasteiger partial charge in [-0.3, -0.25) is 0 Å². The Morgan fingerprint density at radius 3 is 2.57 bits per heavy atom. The van der Waals surface area contributed by atoms with Gasteiger partial charge in [-0.15, -0.1) is 0 Å². The maximum Gasteiger partial charge on any atom is 0.271 e. The van der Waals surface area contributed by atoms with E-state index in [0.29, 0.717) is 6.54 Å². The van der Waals surface area contributed by atoms with Crippen molar-refractivity contribution in [3.05, 3.63) is 64.9 Å². The molecule has 3 aromatic rings. The molecule has 0 amide bonds. The molecule has 4 heteroatoms. The molecule has 3 rings (SSSR count). The first-order valence-electron chi connectivity index (χ1n) is 7.19. The Labute approximate surface area is 129 Å². The molecule has 0 bridgehead atoms. The monoisotopic (exact) mass is 300 g/mol. The Balaban J connectivity index is 2.20. The smallest absolute Gasteiger partial charge is 0.271 e. The van der Waals surface area contributed by atoms with E-state index >= 15 is 0 Å². The van der Waals surface area contributed by atoms with E-state index in [9.17, 15) is 0 Å². The van der Waals surface area contributed by atoms with Crippen LogP contribution in [-0.4, -0.2) is 4.57 Å². The van der Waals surface area contributed by atoms with Gasteiger partial charge in [-0.1, -0.05) is 41.9 Å². The van der Waals surface area contributed by atoms with Gasteiger partial charge in [-0.2, -0.15) is 0 Å². The highest BCUT2D eigenvalue weighted by atomic mass is 35.5. The fourth-order valence-electron chi connectivity index (χ4n) is 2.88. The molecule has 2 aromatic carbocycles. The second-order valence-corrected chi connectivity index (χ2v) is 5.51. The quantitative estimate of drug-likeness (QED) is 0.738. The molecule has 108 valence electrons. The Hall–Kier alpha value is -1.84. The normalized spacial score (nSPS) is 11.2. The highest BCUT2D eigenvalue weighted by molar-refractivity contribution is 6.31. The first kappa shape index (κ1) is 14.1. The zero-order valence-corrected chi connectivity index (χ0v) is 12.8. The summed E-state index contributed by atoms with van der Waals surface area (Å²) in [7, 11) is 0. The summed E-state index contributed by atoms with van der Waals surface area (Å²) in [5.74, 6) is 1.12. The SMILES string of the molecule is CCn1c(CN)[n+](Cc2ccccc2)c2ccc(Cl)cc21. The number of benzene rings is 2. The average Bonchev–Trinajstić information content (AvgIpc) is 2.80. The molecule has 0 saturated heterocycles. The second kappa shape index (κ2) is 5.88. The summed E-state index contributed by atoms with van der Waals surface area (Å²) >= 11 is 6.16. The van der Waals surface area contributed by atoms with Crippen LogP contribution in [0.1, 0.15) is 18.3 Å². The van der Waals surface area contributed by atoms with Gasteiger partial charge >= 0.3 is 0 Å². The van der Waals surface area contributed by atoms with E-state index in [4.69, 9.17) is 17.3 Å². The molecular weight excluding hydrogens is 282 g/mol. The zero-order valence-electron chi connectivity index (χ0n) is 12.1. The van der Waals surface area contributed by atoms with Crippen molar-refractivity contribution in [2.24, 2.45) is 5.73 Å². The molecule has 0 atom stereocenters. The van der Waals surface area contributed by atoms with Crippen LogP contribution < -0.4 is 10.3 Å². The molecule has 1 aromatic heterocycles. The van der Waals surface area contributed by atoms with Gasteiger partial charge < -0.3 is 5.73 Å². The molecule has 0 spiro atoms. The summed E-state index contributed by atoms with van der Waals surface area (Å²) in [5, 5.41) is 0.755. The van der Waals surface area contributed by atoms with Crippen LogP contribution in [0.3, 0.4) is 0 Å². The van der Waals surface area contributed by atoms with Gasteiger partial charge in [0.05, 0.1) is 13.1 Å². The maximum absolute atomic E-state index is 6.16. The number of hydrogen-bond donors (Lipinski definition) is 1. The average molecular weight is 301 g/mol. The van der Waals surface area contributed by atoms with Crippen LogP contribution in [0.4, 0.5) is 0 Å². The van der Waals surface area contributed by atoms with Gasteiger partial charge in [0, 0.05) is 11.1 Å². The first-order chi connectivity index (χ1) is 10.2. The largest absolute Gasteiger partial charge is 0.320 e. The highest BCUT2D eigenvalue weighted by Gasteiger charge is 2.23. The lowest BCUT2D eigenvalue weighted by Crippen LogP contribution is -2.39. The third-order valence-corrected chi connectivity index (χ3v) is 4.06. The number of nitrogens with two attached hydrogens (primary N) is 1. The second-order valence-electron chi connectivity index (χ2n) is 5.07. The molecule has 0 saturated carbocycles. The first-order valence-corrected chi connectivity index (χ1v) is 7.57. The number of rotatable bonds is 4. The molecule has 0 aliphatic rings. The summed E-state index contributed by atoms with van der Waals surface area (Å²) in [6.07, 6.45) is 0. The van der Waals surface area contributed by atoms with E-state index in [1.54, 1.807) is 0 Å². The Kier molecular flexibility index (Phi) is 3.95. The molecular formula is C17H19ClN3+. The fourth-order valence-corrected chi connectivity index (χ4v) is 3.05. The number of halogens is 1. The topological polar surface area (TPSA) is 34.8 Å². The standard InChI is InChI=1S/C17H19ClN3/c1-2-20-16-10-14(18)8-9-15(16)21(17(20)11-19)12-13-6-4-3-5-7-13/h3-10H,2,11-12,19H2,1H3/q+1. The summed E-state index contributed by atoms with van der Waals surface area (Å²) < 4.78 is 4.52. The minimum Gasteiger partial charge on any atom is -0.320 e. The van der Waals surface area contributed by atoms with Crippen molar-refractivity contribution in [2.75, 3.05) is 0 Å². The predicted molar refractivity (Wildman–Crippen MR) is 86.3 cm³/mol. The van der Waals surface area contributed by atoms with Crippen molar-refractivity contribution in [1.82, 2.24) is 4.57 Å². The molecule has 2 N–H and O–H groups in total. The molecule has 1 heterocycles. The third-order valence-electron chi connectivity index (χ3n) is 3.82. The Morgan fingerprint density at radius 1 is 1.14 bits per heavy atom. The summed E-state index contributed by atoms with van der Waals surface area (Å²) in [5.41, 5.74) is 9.59. The summed E-state index contributed by atoms with van der Waals surface area (Å²) in [6.45, 7) is 4.34. The number of hydrogen-bond acceptors (Lipinski definition) is 1. The van der Waals surface area contributed by atoms with Gasteiger partial charge in [0.1, 0.15) is 6.54 Å². The molecule has 3 nitrogen and oxygen atoms in total. The molecule has 0 radical (unpaired) electrons. The number of fused-ring (bicyclic) bond motifs is 1. The lowest BCUT2D eigenvalue weighted by atomic mass is 10.2. The molecule has 21 heavy (non-hydrogen) atoms. The van der Waals surface area contributed by atoms with Crippen LogP contribution in [0.25, 0.3) is 11.0 Å². The number of nitrogens with zero attached hydrogens (tertiary/aromatic N) is 2. The summed E-state index contributed by atoms with van der Waals surface area (Å²) in [4.78, 5) is 0.